The molecule has 0 saturated carbocycles. The van der Waals surface area contributed by atoms with Gasteiger partial charge in [0.1, 0.15) is 5.82 Å². The molecule has 0 aliphatic carbocycles. The Labute approximate surface area is 167 Å². The number of unbranched alkanes of at least 4 members (excludes halogenated alkanes) is 1. The van der Waals surface area contributed by atoms with Gasteiger partial charge in [-0.15, -0.1) is 12.4 Å². The van der Waals surface area contributed by atoms with Crippen LogP contribution in [0.4, 0.5) is 4.39 Å². The molecule has 0 aromatic heterocycles. The lowest BCUT2D eigenvalue weighted by molar-refractivity contribution is 0.583. The SMILES string of the molecule is Cl.Fc1ccccc1CNCCCC=C(c1ccccc1)c1ccccc1. The summed E-state index contributed by atoms with van der Waals surface area (Å²) in [5.41, 5.74) is 4.45. The molecule has 3 heteroatoms. The summed E-state index contributed by atoms with van der Waals surface area (Å²) in [4.78, 5) is 0. The van der Waals surface area contributed by atoms with Crippen molar-refractivity contribution < 1.29 is 4.39 Å². The second kappa shape index (κ2) is 11.3. The van der Waals surface area contributed by atoms with Crippen molar-refractivity contribution in [3.05, 3.63) is 114 Å². The Kier molecular flexibility index (Phi) is 8.76. The minimum atomic E-state index is -0.143. The highest BCUT2D eigenvalue weighted by atomic mass is 35.5. The molecule has 0 aliphatic heterocycles. The molecule has 0 unspecified atom stereocenters. The van der Waals surface area contributed by atoms with E-state index >= 15 is 0 Å². The molecule has 3 rings (SSSR count). The summed E-state index contributed by atoms with van der Waals surface area (Å²) in [7, 11) is 0. The smallest absolute Gasteiger partial charge is 0.127 e. The van der Waals surface area contributed by atoms with Crippen molar-refractivity contribution >= 4 is 18.0 Å². The maximum atomic E-state index is 13.6. The second-order valence-corrected chi connectivity index (χ2v) is 6.26. The van der Waals surface area contributed by atoms with Gasteiger partial charge in [-0.25, -0.2) is 4.39 Å². The standard InChI is InChI=1S/C24H24FN.ClH/c25-24-17-8-7-15-22(24)19-26-18-10-9-16-23(20-11-3-1-4-12-20)21-13-5-2-6-14-21;/h1-8,11-17,26H,9-10,18-19H2;1H. The van der Waals surface area contributed by atoms with Crippen LogP contribution in [0.5, 0.6) is 0 Å². The molecule has 0 radical (unpaired) electrons. The Bertz CT molecular complexity index is 790. The molecule has 0 fully saturated rings. The molecule has 1 nitrogen and oxygen atoms in total. The van der Waals surface area contributed by atoms with E-state index in [0.29, 0.717) is 6.54 Å². The summed E-state index contributed by atoms with van der Waals surface area (Å²) in [6.45, 7) is 1.43. The van der Waals surface area contributed by atoms with Crippen molar-refractivity contribution in [1.29, 1.82) is 0 Å². The van der Waals surface area contributed by atoms with E-state index in [4.69, 9.17) is 0 Å². The zero-order valence-corrected chi connectivity index (χ0v) is 16.1. The van der Waals surface area contributed by atoms with Crippen molar-refractivity contribution in [2.75, 3.05) is 6.54 Å². The van der Waals surface area contributed by atoms with E-state index in [9.17, 15) is 4.39 Å². The highest BCUT2D eigenvalue weighted by Gasteiger charge is 2.04. The second-order valence-electron chi connectivity index (χ2n) is 6.26. The first-order valence-electron chi connectivity index (χ1n) is 9.10. The van der Waals surface area contributed by atoms with Crippen LogP contribution >= 0.6 is 12.4 Å². The number of halogens is 2. The van der Waals surface area contributed by atoms with E-state index in [1.807, 2.05) is 24.3 Å². The molecule has 0 bridgehead atoms. The van der Waals surface area contributed by atoms with Crippen molar-refractivity contribution in [2.45, 2.75) is 19.4 Å². The van der Waals surface area contributed by atoms with E-state index in [2.05, 4.69) is 59.9 Å². The van der Waals surface area contributed by atoms with Crippen molar-refractivity contribution in [1.82, 2.24) is 5.32 Å². The molecule has 27 heavy (non-hydrogen) atoms. The first-order chi connectivity index (χ1) is 12.8. The van der Waals surface area contributed by atoms with E-state index in [0.717, 1.165) is 24.9 Å². The van der Waals surface area contributed by atoms with Crippen LogP contribution in [0, 0.1) is 5.82 Å². The summed E-state index contributed by atoms with van der Waals surface area (Å²) < 4.78 is 13.6. The van der Waals surface area contributed by atoms with E-state index < -0.39 is 0 Å². The Morgan fingerprint density at radius 2 is 1.33 bits per heavy atom. The zero-order valence-electron chi connectivity index (χ0n) is 15.3. The third kappa shape index (κ3) is 6.35. The molecular weight excluding hydrogens is 357 g/mol. The lowest BCUT2D eigenvalue weighted by Gasteiger charge is -2.09. The molecule has 0 atom stereocenters. The van der Waals surface area contributed by atoms with E-state index in [-0.39, 0.29) is 18.2 Å². The Balaban J connectivity index is 0.00000261. The summed E-state index contributed by atoms with van der Waals surface area (Å²) in [5, 5.41) is 3.33. The van der Waals surface area contributed by atoms with Gasteiger partial charge in [-0.1, -0.05) is 84.9 Å². The Hall–Kier alpha value is -2.42. The fraction of sp³-hybridized carbons (Fsp3) is 0.167. The van der Waals surface area contributed by atoms with Crippen LogP contribution in [-0.4, -0.2) is 6.54 Å². The monoisotopic (exact) mass is 381 g/mol. The third-order valence-corrected chi connectivity index (χ3v) is 4.35. The quantitative estimate of drug-likeness (QED) is 0.455. The molecule has 0 saturated heterocycles. The molecule has 140 valence electrons. The lowest BCUT2D eigenvalue weighted by atomic mass is 9.96. The molecular formula is C24H25ClFN. The summed E-state index contributed by atoms with van der Waals surface area (Å²) in [6, 6.07) is 27.9. The third-order valence-electron chi connectivity index (χ3n) is 4.35. The Morgan fingerprint density at radius 3 is 1.93 bits per heavy atom. The van der Waals surface area contributed by atoms with Crippen LogP contribution in [0.2, 0.25) is 0 Å². The van der Waals surface area contributed by atoms with Gasteiger partial charge < -0.3 is 5.32 Å². The van der Waals surface area contributed by atoms with Crippen LogP contribution < -0.4 is 5.32 Å². The van der Waals surface area contributed by atoms with Gasteiger partial charge in [-0.3, -0.25) is 0 Å². The molecule has 0 heterocycles. The molecule has 0 aliphatic rings. The minimum absolute atomic E-state index is 0. The van der Waals surface area contributed by atoms with Gasteiger partial charge in [-0.05, 0) is 42.2 Å². The van der Waals surface area contributed by atoms with E-state index in [1.165, 1.54) is 22.8 Å². The van der Waals surface area contributed by atoms with Gasteiger partial charge in [0.2, 0.25) is 0 Å². The first kappa shape index (κ1) is 20.9. The number of hydrogen-bond donors (Lipinski definition) is 1. The maximum Gasteiger partial charge on any atom is 0.127 e. The van der Waals surface area contributed by atoms with Crippen molar-refractivity contribution in [2.24, 2.45) is 0 Å². The predicted octanol–water partition coefficient (Wildman–Crippen LogP) is 6.25. The fourth-order valence-corrected chi connectivity index (χ4v) is 2.98. The predicted molar refractivity (Wildman–Crippen MR) is 115 cm³/mol. The molecule has 3 aromatic rings. The highest BCUT2D eigenvalue weighted by molar-refractivity contribution is 5.85. The minimum Gasteiger partial charge on any atom is -0.313 e. The molecule has 1 N–H and O–H groups in total. The largest absolute Gasteiger partial charge is 0.313 e. The average Bonchev–Trinajstić information content (AvgIpc) is 2.70. The molecule has 3 aromatic carbocycles. The summed E-state index contributed by atoms with van der Waals surface area (Å²) in [6.07, 6.45) is 4.29. The summed E-state index contributed by atoms with van der Waals surface area (Å²) in [5.74, 6) is -0.143. The van der Waals surface area contributed by atoms with E-state index in [1.54, 1.807) is 6.07 Å². The lowest BCUT2D eigenvalue weighted by Crippen LogP contribution is -2.15. The van der Waals surface area contributed by atoms with Crippen LogP contribution in [0.1, 0.15) is 29.5 Å². The van der Waals surface area contributed by atoms with Crippen LogP contribution in [-0.2, 0) is 6.54 Å². The van der Waals surface area contributed by atoms with Gasteiger partial charge in [0.25, 0.3) is 0 Å². The number of nitrogens with one attached hydrogen (secondary N) is 1. The highest BCUT2D eigenvalue weighted by Crippen LogP contribution is 2.23. The number of hydrogen-bond acceptors (Lipinski definition) is 1. The number of allylic oxidation sites excluding steroid dienone is 1. The maximum absolute atomic E-state index is 13.6. The first-order valence-corrected chi connectivity index (χ1v) is 9.10. The van der Waals surface area contributed by atoms with Crippen LogP contribution in [0.25, 0.3) is 5.57 Å². The van der Waals surface area contributed by atoms with Crippen LogP contribution in [0.3, 0.4) is 0 Å². The van der Waals surface area contributed by atoms with Crippen molar-refractivity contribution in [3.63, 3.8) is 0 Å². The Morgan fingerprint density at radius 1 is 0.778 bits per heavy atom. The fourth-order valence-electron chi connectivity index (χ4n) is 2.98. The van der Waals surface area contributed by atoms with Crippen LogP contribution in [0.15, 0.2) is 91.0 Å². The number of rotatable bonds is 8. The summed E-state index contributed by atoms with van der Waals surface area (Å²) >= 11 is 0. The average molecular weight is 382 g/mol. The van der Waals surface area contributed by atoms with Crippen molar-refractivity contribution in [3.8, 4) is 0 Å². The molecule has 0 spiro atoms. The zero-order chi connectivity index (χ0) is 18.0. The van der Waals surface area contributed by atoms with Gasteiger partial charge in [0.05, 0.1) is 0 Å². The normalized spacial score (nSPS) is 10.1. The molecule has 0 amide bonds. The topological polar surface area (TPSA) is 12.0 Å². The van der Waals surface area contributed by atoms with Gasteiger partial charge in [0.15, 0.2) is 0 Å². The number of benzene rings is 3. The van der Waals surface area contributed by atoms with Gasteiger partial charge in [-0.2, -0.15) is 0 Å². The van der Waals surface area contributed by atoms with Gasteiger partial charge in [0, 0.05) is 12.1 Å². The van der Waals surface area contributed by atoms with Gasteiger partial charge >= 0.3 is 0 Å².